The lowest BCUT2D eigenvalue weighted by Gasteiger charge is -2.49. The third-order valence-corrected chi connectivity index (χ3v) is 8.86. The van der Waals surface area contributed by atoms with E-state index in [4.69, 9.17) is 14.5 Å². The lowest BCUT2D eigenvalue weighted by atomic mass is 10.0. The largest absolute Gasteiger partial charge is 0.489 e. The van der Waals surface area contributed by atoms with E-state index in [-0.39, 0.29) is 22.9 Å². The van der Waals surface area contributed by atoms with Gasteiger partial charge in [-0.05, 0) is 44.4 Å². The van der Waals surface area contributed by atoms with E-state index in [2.05, 4.69) is 26.2 Å². The summed E-state index contributed by atoms with van der Waals surface area (Å²) in [5, 5.41) is 4.06. The average Bonchev–Trinajstić information content (AvgIpc) is 3.41. The first kappa shape index (κ1) is 24.5. The number of ether oxygens (including phenoxy) is 2. The first-order valence-corrected chi connectivity index (χ1v) is 14.0. The lowest BCUT2D eigenvalue weighted by molar-refractivity contribution is -0.0715. The van der Waals surface area contributed by atoms with Crippen molar-refractivity contribution < 1.29 is 14.3 Å². The molecule has 2 aromatic heterocycles. The highest BCUT2D eigenvalue weighted by atomic mass is 16.5. The van der Waals surface area contributed by atoms with Crippen LogP contribution in [0.25, 0.3) is 11.0 Å². The smallest absolute Gasteiger partial charge is 0.263 e. The molecular formula is C29H34N6O4. The van der Waals surface area contributed by atoms with Crippen molar-refractivity contribution in [3.8, 4) is 5.75 Å². The quantitative estimate of drug-likeness (QED) is 0.497. The molecular weight excluding hydrogens is 496 g/mol. The molecule has 0 amide bonds. The number of carbonyl (C=O) groups is 1. The number of fused-ring (bicyclic) bond motifs is 4. The number of ketones is 1. The number of carbonyl (C=O) groups excluding carboxylic acids is 1. The number of hydrogen-bond donors (Lipinski definition) is 1. The predicted molar refractivity (Wildman–Crippen MR) is 149 cm³/mol. The third kappa shape index (κ3) is 4.17. The molecule has 5 heterocycles. The Labute approximate surface area is 226 Å². The van der Waals surface area contributed by atoms with Gasteiger partial charge < -0.3 is 19.7 Å². The highest BCUT2D eigenvalue weighted by Crippen LogP contribution is 2.38. The number of nitrogens with zero attached hydrogens (tertiary/aromatic N) is 5. The van der Waals surface area contributed by atoms with Crippen LogP contribution in [0, 0.1) is 6.92 Å². The zero-order valence-electron chi connectivity index (χ0n) is 22.5. The number of hydrogen-bond acceptors (Lipinski definition) is 9. The van der Waals surface area contributed by atoms with E-state index < -0.39 is 0 Å². The Hall–Kier alpha value is -3.50. The van der Waals surface area contributed by atoms with E-state index in [1.807, 2.05) is 19.1 Å². The minimum Gasteiger partial charge on any atom is -0.489 e. The molecule has 0 unspecified atom stereocenters. The van der Waals surface area contributed by atoms with Gasteiger partial charge in [0, 0.05) is 49.0 Å². The Kier molecular flexibility index (Phi) is 6.04. The summed E-state index contributed by atoms with van der Waals surface area (Å²) in [7, 11) is 0. The Morgan fingerprint density at radius 3 is 2.64 bits per heavy atom. The average molecular weight is 531 g/mol. The van der Waals surface area contributed by atoms with Crippen LogP contribution in [-0.2, 0) is 4.74 Å². The number of rotatable bonds is 5. The molecule has 4 aliphatic rings. The van der Waals surface area contributed by atoms with Crippen LogP contribution >= 0.6 is 0 Å². The van der Waals surface area contributed by atoms with Gasteiger partial charge in [-0.25, -0.2) is 4.98 Å². The molecule has 1 atom stereocenters. The summed E-state index contributed by atoms with van der Waals surface area (Å²) < 4.78 is 13.3. The number of piperazine rings is 1. The van der Waals surface area contributed by atoms with Crippen LogP contribution < -0.4 is 20.5 Å². The summed E-state index contributed by atoms with van der Waals surface area (Å²) in [5.41, 5.74) is 3.16. The minimum atomic E-state index is -0.245. The van der Waals surface area contributed by atoms with Gasteiger partial charge in [-0.2, -0.15) is 4.98 Å². The highest BCUT2D eigenvalue weighted by Gasteiger charge is 2.37. The van der Waals surface area contributed by atoms with Crippen molar-refractivity contribution in [2.75, 3.05) is 49.7 Å². The molecule has 10 nitrogen and oxygen atoms in total. The monoisotopic (exact) mass is 530 g/mol. The number of benzene rings is 1. The van der Waals surface area contributed by atoms with E-state index in [0.717, 1.165) is 81.0 Å². The van der Waals surface area contributed by atoms with E-state index in [9.17, 15) is 9.59 Å². The zero-order valence-corrected chi connectivity index (χ0v) is 22.5. The van der Waals surface area contributed by atoms with E-state index in [1.165, 1.54) is 6.92 Å². The number of nitrogens with one attached hydrogen (secondary N) is 1. The number of anilines is 3. The summed E-state index contributed by atoms with van der Waals surface area (Å²) >= 11 is 0. The standard InChI is InChI=1S/C29H34N6O4/c1-17-23-12-30-29(32-27(23)35(20-5-3-4-6-20)28(37)26(17)18(2)36)31-19-7-8-24-25(11-19)39-16-21-13-33(9-10-34(21)24)22-14-38-15-22/h7-8,11-12,20-22H,3-6,9-10,13-16H2,1-2H3,(H,30,31,32)/t21-/m0/s1. The Morgan fingerprint density at radius 1 is 1.08 bits per heavy atom. The molecule has 0 bridgehead atoms. The van der Waals surface area contributed by atoms with Gasteiger partial charge in [-0.1, -0.05) is 12.8 Å². The Bertz CT molecular complexity index is 1510. The van der Waals surface area contributed by atoms with Crippen molar-refractivity contribution in [2.45, 2.75) is 57.7 Å². The van der Waals surface area contributed by atoms with Gasteiger partial charge in [0.1, 0.15) is 18.0 Å². The van der Waals surface area contributed by atoms with Gasteiger partial charge in [0.05, 0.1) is 36.5 Å². The first-order chi connectivity index (χ1) is 19.0. The third-order valence-electron chi connectivity index (χ3n) is 8.86. The van der Waals surface area contributed by atoms with E-state index in [0.29, 0.717) is 35.8 Å². The second kappa shape index (κ2) is 9.60. The molecule has 1 aliphatic carbocycles. The number of Topliss-reactive ketones (excluding diaryl/α,β-unsaturated/α-hetero) is 1. The molecule has 1 N–H and O–H groups in total. The maximum absolute atomic E-state index is 13.5. The summed E-state index contributed by atoms with van der Waals surface area (Å²) in [6, 6.07) is 7.06. The molecule has 39 heavy (non-hydrogen) atoms. The van der Waals surface area contributed by atoms with Crippen LogP contribution in [-0.4, -0.2) is 76.8 Å². The fourth-order valence-corrected chi connectivity index (χ4v) is 6.67. The minimum absolute atomic E-state index is 0.0452. The van der Waals surface area contributed by atoms with Crippen molar-refractivity contribution >= 4 is 34.1 Å². The van der Waals surface area contributed by atoms with Gasteiger partial charge in [-0.3, -0.25) is 19.1 Å². The molecule has 0 spiro atoms. The van der Waals surface area contributed by atoms with Crippen molar-refractivity contribution in [1.82, 2.24) is 19.4 Å². The SMILES string of the molecule is CC(=O)c1c(C)c2cnc(Nc3ccc4c(c3)OC[C@@H]3CN(C5COC5)CCN43)nc2n(C2CCCC2)c1=O. The predicted octanol–water partition coefficient (Wildman–Crippen LogP) is 3.44. The highest BCUT2D eigenvalue weighted by molar-refractivity contribution is 5.99. The van der Waals surface area contributed by atoms with Crippen molar-refractivity contribution in [3.63, 3.8) is 0 Å². The number of aryl methyl sites for hydroxylation is 1. The second-order valence-electron chi connectivity index (χ2n) is 11.3. The van der Waals surface area contributed by atoms with Gasteiger partial charge in [0.25, 0.3) is 5.56 Å². The molecule has 1 saturated carbocycles. The summed E-state index contributed by atoms with van der Waals surface area (Å²) in [6.45, 7) is 8.58. The van der Waals surface area contributed by atoms with Gasteiger partial charge in [-0.15, -0.1) is 0 Å². The van der Waals surface area contributed by atoms with Crippen molar-refractivity contribution in [3.05, 3.63) is 45.9 Å². The summed E-state index contributed by atoms with van der Waals surface area (Å²) in [6.07, 6.45) is 5.68. The van der Waals surface area contributed by atoms with Crippen LogP contribution in [0.5, 0.6) is 5.75 Å². The fraction of sp³-hybridized carbons (Fsp3) is 0.517. The van der Waals surface area contributed by atoms with Gasteiger partial charge in [0.2, 0.25) is 5.95 Å². The molecule has 3 aliphatic heterocycles. The zero-order chi connectivity index (χ0) is 26.7. The first-order valence-electron chi connectivity index (χ1n) is 14.0. The van der Waals surface area contributed by atoms with Crippen molar-refractivity contribution in [1.29, 1.82) is 0 Å². The van der Waals surface area contributed by atoms with Crippen LogP contribution in [0.3, 0.4) is 0 Å². The van der Waals surface area contributed by atoms with Crippen molar-refractivity contribution in [2.24, 2.45) is 0 Å². The van der Waals surface area contributed by atoms with Crippen LogP contribution in [0.15, 0.2) is 29.2 Å². The maximum atomic E-state index is 13.5. The second-order valence-corrected chi connectivity index (χ2v) is 11.3. The molecule has 7 rings (SSSR count). The lowest BCUT2D eigenvalue weighted by Crippen LogP contribution is -2.62. The molecule has 204 valence electrons. The number of aromatic nitrogens is 3. The molecule has 10 heteroatoms. The van der Waals surface area contributed by atoms with Crippen LogP contribution in [0.2, 0.25) is 0 Å². The van der Waals surface area contributed by atoms with E-state index >= 15 is 0 Å². The molecule has 3 aromatic rings. The molecule has 0 radical (unpaired) electrons. The maximum Gasteiger partial charge on any atom is 0.263 e. The van der Waals surface area contributed by atoms with Gasteiger partial charge >= 0.3 is 0 Å². The fourth-order valence-electron chi connectivity index (χ4n) is 6.67. The Morgan fingerprint density at radius 2 is 1.90 bits per heavy atom. The molecule has 1 aromatic carbocycles. The Balaban J connectivity index is 1.18. The van der Waals surface area contributed by atoms with Crippen LogP contribution in [0.1, 0.15) is 54.6 Å². The normalized spacial score (nSPS) is 21.8. The summed E-state index contributed by atoms with van der Waals surface area (Å²) in [5.74, 6) is 1.04. The topological polar surface area (TPSA) is 102 Å². The van der Waals surface area contributed by atoms with Gasteiger partial charge in [0.15, 0.2) is 5.78 Å². The molecule has 3 fully saturated rings. The van der Waals surface area contributed by atoms with Crippen LogP contribution in [0.4, 0.5) is 17.3 Å². The number of pyridine rings is 1. The molecule has 2 saturated heterocycles. The summed E-state index contributed by atoms with van der Waals surface area (Å²) in [4.78, 5) is 40.2. The van der Waals surface area contributed by atoms with E-state index in [1.54, 1.807) is 10.8 Å².